The van der Waals surface area contributed by atoms with Crippen LogP contribution < -0.4 is 5.32 Å². The highest BCUT2D eigenvalue weighted by atomic mass is 16.3. The van der Waals surface area contributed by atoms with Gasteiger partial charge in [0.05, 0.1) is 6.26 Å². The van der Waals surface area contributed by atoms with Crippen LogP contribution in [0, 0.1) is 13.8 Å². The molecular weight excluding hydrogens is 288 g/mol. The molecular formula is C19H18N2O2. The quantitative estimate of drug-likeness (QED) is 0.795. The second kappa shape index (κ2) is 6.48. The van der Waals surface area contributed by atoms with Crippen molar-refractivity contribution in [3.05, 3.63) is 77.2 Å². The van der Waals surface area contributed by atoms with Crippen LogP contribution in [0.5, 0.6) is 0 Å². The normalized spacial score (nSPS) is 10.5. The Hall–Kier alpha value is -2.88. The summed E-state index contributed by atoms with van der Waals surface area (Å²) in [5.41, 5.74) is 4.70. The number of benzene rings is 1. The van der Waals surface area contributed by atoms with E-state index in [2.05, 4.69) is 10.3 Å². The lowest BCUT2D eigenvalue weighted by Crippen LogP contribution is -2.22. The Kier molecular flexibility index (Phi) is 4.24. The number of aromatic nitrogens is 1. The van der Waals surface area contributed by atoms with Gasteiger partial charge >= 0.3 is 0 Å². The predicted octanol–water partition coefficient (Wildman–Crippen LogP) is 3.89. The molecule has 2 aromatic heterocycles. The fourth-order valence-corrected chi connectivity index (χ4v) is 2.31. The number of nitrogens with one attached hydrogen (secondary N) is 1. The Bertz CT molecular complexity index is 823. The molecule has 0 radical (unpaired) electrons. The highest BCUT2D eigenvalue weighted by molar-refractivity contribution is 5.94. The maximum Gasteiger partial charge on any atom is 0.251 e. The third-order valence-electron chi connectivity index (χ3n) is 3.82. The summed E-state index contributed by atoms with van der Waals surface area (Å²) >= 11 is 0. The van der Waals surface area contributed by atoms with Gasteiger partial charge in [0.25, 0.3) is 5.91 Å². The minimum atomic E-state index is -0.0792. The summed E-state index contributed by atoms with van der Waals surface area (Å²) in [6.07, 6.45) is 3.33. The monoisotopic (exact) mass is 306 g/mol. The van der Waals surface area contributed by atoms with Gasteiger partial charge < -0.3 is 9.73 Å². The number of pyridine rings is 1. The topological polar surface area (TPSA) is 55.1 Å². The molecule has 0 atom stereocenters. The molecule has 3 aromatic rings. The van der Waals surface area contributed by atoms with Gasteiger partial charge in [-0.05, 0) is 66.9 Å². The van der Waals surface area contributed by atoms with E-state index >= 15 is 0 Å². The van der Waals surface area contributed by atoms with E-state index in [4.69, 9.17) is 4.42 Å². The van der Waals surface area contributed by atoms with Crippen molar-refractivity contribution in [3.8, 4) is 11.5 Å². The van der Waals surface area contributed by atoms with Crippen LogP contribution in [0.4, 0.5) is 0 Å². The number of carbonyl (C=O) groups is 1. The lowest BCUT2D eigenvalue weighted by atomic mass is 10.1. The Labute approximate surface area is 135 Å². The van der Waals surface area contributed by atoms with Gasteiger partial charge in [-0.15, -0.1) is 0 Å². The van der Waals surface area contributed by atoms with Gasteiger partial charge in [0, 0.05) is 18.3 Å². The van der Waals surface area contributed by atoms with E-state index in [1.54, 1.807) is 12.5 Å². The molecule has 2 heterocycles. The van der Waals surface area contributed by atoms with Crippen molar-refractivity contribution in [3.63, 3.8) is 0 Å². The molecule has 0 saturated heterocycles. The van der Waals surface area contributed by atoms with Crippen LogP contribution >= 0.6 is 0 Å². The summed E-state index contributed by atoms with van der Waals surface area (Å²) in [5, 5.41) is 2.94. The van der Waals surface area contributed by atoms with Crippen LogP contribution in [0.2, 0.25) is 0 Å². The summed E-state index contributed by atoms with van der Waals surface area (Å²) in [6, 6.07) is 13.2. The van der Waals surface area contributed by atoms with Crippen molar-refractivity contribution in [1.82, 2.24) is 10.3 Å². The number of hydrogen-bond donors (Lipinski definition) is 1. The molecule has 0 fully saturated rings. The molecule has 0 bridgehead atoms. The van der Waals surface area contributed by atoms with Crippen molar-refractivity contribution in [2.75, 3.05) is 0 Å². The van der Waals surface area contributed by atoms with Crippen LogP contribution in [0.1, 0.15) is 27.0 Å². The van der Waals surface area contributed by atoms with E-state index in [0.717, 1.165) is 16.8 Å². The Morgan fingerprint density at radius 3 is 2.74 bits per heavy atom. The van der Waals surface area contributed by atoms with Gasteiger partial charge in [-0.3, -0.25) is 9.78 Å². The van der Waals surface area contributed by atoms with E-state index in [1.165, 1.54) is 5.56 Å². The molecule has 1 amide bonds. The zero-order valence-corrected chi connectivity index (χ0v) is 13.2. The summed E-state index contributed by atoms with van der Waals surface area (Å²) in [6.45, 7) is 4.48. The third kappa shape index (κ3) is 3.48. The Morgan fingerprint density at radius 1 is 1.13 bits per heavy atom. The summed E-state index contributed by atoms with van der Waals surface area (Å²) in [4.78, 5) is 16.5. The van der Waals surface area contributed by atoms with Crippen molar-refractivity contribution < 1.29 is 9.21 Å². The summed E-state index contributed by atoms with van der Waals surface area (Å²) in [5.74, 6) is 0.636. The SMILES string of the molecule is Cc1ccc(C(=O)NCc2ccnc(-c3ccco3)c2)cc1C. The molecule has 1 aromatic carbocycles. The number of amides is 1. The molecule has 0 aliphatic carbocycles. The average Bonchev–Trinajstić information content (AvgIpc) is 3.10. The second-order valence-electron chi connectivity index (χ2n) is 5.51. The van der Waals surface area contributed by atoms with E-state index in [9.17, 15) is 4.79 Å². The first-order valence-corrected chi connectivity index (χ1v) is 7.48. The number of aryl methyl sites for hydroxylation is 2. The molecule has 0 aliphatic heterocycles. The minimum Gasteiger partial charge on any atom is -0.463 e. The predicted molar refractivity (Wildman–Crippen MR) is 89.0 cm³/mol. The number of rotatable bonds is 4. The van der Waals surface area contributed by atoms with Gasteiger partial charge in [0.2, 0.25) is 0 Å². The highest BCUT2D eigenvalue weighted by Gasteiger charge is 2.08. The molecule has 4 heteroatoms. The molecule has 3 rings (SSSR count). The minimum absolute atomic E-state index is 0.0792. The van der Waals surface area contributed by atoms with Gasteiger partial charge in [-0.1, -0.05) is 6.07 Å². The first-order valence-electron chi connectivity index (χ1n) is 7.48. The van der Waals surface area contributed by atoms with E-state index in [1.807, 2.05) is 56.3 Å². The summed E-state index contributed by atoms with van der Waals surface area (Å²) < 4.78 is 5.34. The highest BCUT2D eigenvalue weighted by Crippen LogP contribution is 2.18. The van der Waals surface area contributed by atoms with Crippen molar-refractivity contribution in [2.24, 2.45) is 0 Å². The molecule has 0 saturated carbocycles. The first kappa shape index (κ1) is 15.0. The second-order valence-corrected chi connectivity index (χ2v) is 5.51. The van der Waals surface area contributed by atoms with E-state index in [-0.39, 0.29) is 5.91 Å². The molecule has 23 heavy (non-hydrogen) atoms. The Balaban J connectivity index is 1.69. The molecule has 116 valence electrons. The Morgan fingerprint density at radius 2 is 2.00 bits per heavy atom. The van der Waals surface area contributed by atoms with Crippen LogP contribution in [0.15, 0.2) is 59.3 Å². The van der Waals surface area contributed by atoms with Crippen LogP contribution in [-0.4, -0.2) is 10.9 Å². The molecule has 4 nitrogen and oxygen atoms in total. The smallest absolute Gasteiger partial charge is 0.251 e. The van der Waals surface area contributed by atoms with Crippen LogP contribution in [0.3, 0.4) is 0 Å². The fourth-order valence-electron chi connectivity index (χ4n) is 2.31. The van der Waals surface area contributed by atoms with Gasteiger partial charge in [0.15, 0.2) is 5.76 Å². The lowest BCUT2D eigenvalue weighted by molar-refractivity contribution is 0.0951. The first-order chi connectivity index (χ1) is 11.1. The molecule has 0 unspecified atom stereocenters. The molecule has 1 N–H and O–H groups in total. The molecule has 0 spiro atoms. The van der Waals surface area contributed by atoms with Gasteiger partial charge in [0.1, 0.15) is 5.69 Å². The maximum atomic E-state index is 12.2. The van der Waals surface area contributed by atoms with Crippen molar-refractivity contribution >= 4 is 5.91 Å². The van der Waals surface area contributed by atoms with E-state index in [0.29, 0.717) is 17.9 Å². The lowest BCUT2D eigenvalue weighted by Gasteiger charge is -2.08. The maximum absolute atomic E-state index is 12.2. The number of hydrogen-bond acceptors (Lipinski definition) is 3. The zero-order valence-electron chi connectivity index (χ0n) is 13.2. The summed E-state index contributed by atoms with van der Waals surface area (Å²) in [7, 11) is 0. The van der Waals surface area contributed by atoms with Crippen molar-refractivity contribution in [1.29, 1.82) is 0 Å². The number of furan rings is 1. The third-order valence-corrected chi connectivity index (χ3v) is 3.82. The average molecular weight is 306 g/mol. The standard InChI is InChI=1S/C19H18N2O2/c1-13-5-6-16(10-14(13)2)19(22)21-12-15-7-8-20-17(11-15)18-4-3-9-23-18/h3-11H,12H2,1-2H3,(H,21,22). The van der Waals surface area contributed by atoms with E-state index < -0.39 is 0 Å². The molecule has 0 aliphatic rings. The number of carbonyl (C=O) groups excluding carboxylic acids is 1. The van der Waals surface area contributed by atoms with Gasteiger partial charge in [-0.2, -0.15) is 0 Å². The zero-order chi connectivity index (χ0) is 16.2. The van der Waals surface area contributed by atoms with Crippen LogP contribution in [-0.2, 0) is 6.54 Å². The van der Waals surface area contributed by atoms with Crippen molar-refractivity contribution in [2.45, 2.75) is 20.4 Å². The fraction of sp³-hybridized carbons (Fsp3) is 0.158. The number of nitrogens with zero attached hydrogens (tertiary/aromatic N) is 1. The van der Waals surface area contributed by atoms with Crippen LogP contribution in [0.25, 0.3) is 11.5 Å². The largest absolute Gasteiger partial charge is 0.463 e. The van der Waals surface area contributed by atoms with Gasteiger partial charge in [-0.25, -0.2) is 0 Å².